The second-order valence-corrected chi connectivity index (χ2v) is 4.13. The average molecular weight is 280 g/mol. The minimum Gasteiger partial charge on any atom is -0.355 e. The third-order valence-corrected chi connectivity index (χ3v) is 2.88. The molecule has 1 heterocycles. The van der Waals surface area contributed by atoms with Crippen LogP contribution in [-0.4, -0.2) is 32.3 Å². The number of para-hydroxylation sites is 1. The molecule has 0 fully saturated rings. The Morgan fingerprint density at radius 1 is 1.30 bits per heavy atom. The second kappa shape index (κ2) is 6.99. The molecule has 1 aromatic carbocycles. The van der Waals surface area contributed by atoms with Crippen LogP contribution in [0.2, 0.25) is 0 Å². The molecule has 7 heteroatoms. The first-order valence-electron chi connectivity index (χ1n) is 6.20. The van der Waals surface area contributed by atoms with E-state index < -0.39 is 5.63 Å². The Morgan fingerprint density at radius 2 is 2.00 bits per heavy atom. The van der Waals surface area contributed by atoms with Gasteiger partial charge in [-0.15, -0.1) is 0 Å². The quantitative estimate of drug-likeness (QED) is 0.549. The van der Waals surface area contributed by atoms with Gasteiger partial charge in [-0.05, 0) is 9.95 Å². The molecule has 2 aromatic rings. The Hall–Kier alpha value is -1.96. The maximum Gasteiger partial charge on any atom is 0.431 e. The summed E-state index contributed by atoms with van der Waals surface area (Å²) in [7, 11) is 3.12. The summed E-state index contributed by atoms with van der Waals surface area (Å²) < 4.78 is 16.6. The predicted octanol–water partition coefficient (Wildman–Crippen LogP) is -0.0469. The minimum atomic E-state index is -0.410. The smallest absolute Gasteiger partial charge is 0.355 e. The summed E-state index contributed by atoms with van der Waals surface area (Å²) in [6, 6.07) is 9.43. The molecule has 0 atom stereocenters. The SMILES string of the molecule is COC(CNCc1c(=O)o[nH][n+]1-c1ccccc1)OC. The van der Waals surface area contributed by atoms with Crippen LogP contribution in [0.25, 0.3) is 5.69 Å². The van der Waals surface area contributed by atoms with Crippen molar-refractivity contribution in [3.05, 3.63) is 46.4 Å². The molecule has 0 amide bonds. The lowest BCUT2D eigenvalue weighted by Gasteiger charge is -2.12. The number of methoxy groups -OCH3 is 2. The van der Waals surface area contributed by atoms with Crippen molar-refractivity contribution in [2.24, 2.45) is 0 Å². The molecule has 0 aliphatic carbocycles. The first-order chi connectivity index (χ1) is 9.76. The van der Waals surface area contributed by atoms with Crippen LogP contribution >= 0.6 is 0 Å². The molecule has 0 aliphatic rings. The zero-order chi connectivity index (χ0) is 14.4. The van der Waals surface area contributed by atoms with Crippen LogP contribution in [0.3, 0.4) is 0 Å². The molecule has 0 spiro atoms. The Morgan fingerprint density at radius 3 is 2.65 bits per heavy atom. The number of benzene rings is 1. The third-order valence-electron chi connectivity index (χ3n) is 2.88. The van der Waals surface area contributed by atoms with Gasteiger partial charge in [-0.25, -0.2) is 4.79 Å². The van der Waals surface area contributed by atoms with E-state index in [-0.39, 0.29) is 6.29 Å². The van der Waals surface area contributed by atoms with Gasteiger partial charge in [0.2, 0.25) is 5.69 Å². The Kier molecular flexibility index (Phi) is 5.05. The monoisotopic (exact) mass is 280 g/mol. The number of ether oxygens (including phenoxy) is 2. The van der Waals surface area contributed by atoms with Gasteiger partial charge in [0.25, 0.3) is 0 Å². The van der Waals surface area contributed by atoms with Gasteiger partial charge in [-0.1, -0.05) is 18.2 Å². The molecule has 0 radical (unpaired) electrons. The molecule has 0 saturated carbocycles. The highest BCUT2D eigenvalue weighted by atomic mass is 16.7. The second-order valence-electron chi connectivity index (χ2n) is 4.13. The summed E-state index contributed by atoms with van der Waals surface area (Å²) in [4.78, 5) is 11.7. The van der Waals surface area contributed by atoms with E-state index in [1.807, 2.05) is 30.3 Å². The zero-order valence-corrected chi connectivity index (χ0v) is 11.5. The summed E-state index contributed by atoms with van der Waals surface area (Å²) in [5, 5.41) is 5.67. The fraction of sp³-hybridized carbons (Fsp3) is 0.385. The number of H-pyrrole nitrogens is 1. The largest absolute Gasteiger partial charge is 0.431 e. The molecular weight excluding hydrogens is 262 g/mol. The molecule has 0 saturated heterocycles. The molecular formula is C13H18N3O4+. The lowest BCUT2D eigenvalue weighted by Crippen LogP contribution is -2.42. The van der Waals surface area contributed by atoms with Crippen LogP contribution in [0.4, 0.5) is 0 Å². The number of hydrogen-bond donors (Lipinski definition) is 2. The van der Waals surface area contributed by atoms with Gasteiger partial charge in [-0.3, -0.25) is 4.52 Å². The van der Waals surface area contributed by atoms with Crippen LogP contribution in [0, 0.1) is 0 Å². The first kappa shape index (κ1) is 14.4. The van der Waals surface area contributed by atoms with Crippen molar-refractivity contribution in [2.75, 3.05) is 20.8 Å². The van der Waals surface area contributed by atoms with E-state index >= 15 is 0 Å². The van der Waals surface area contributed by atoms with Crippen LogP contribution in [-0.2, 0) is 16.0 Å². The Labute approximate surface area is 116 Å². The lowest BCUT2D eigenvalue weighted by atomic mass is 10.3. The summed E-state index contributed by atoms with van der Waals surface area (Å²) in [5.74, 6) is 0. The van der Waals surface area contributed by atoms with Crippen molar-refractivity contribution in [3.8, 4) is 5.69 Å². The third kappa shape index (κ3) is 3.32. The van der Waals surface area contributed by atoms with Gasteiger partial charge in [0.15, 0.2) is 6.29 Å². The number of hydrogen-bond acceptors (Lipinski definition) is 5. The van der Waals surface area contributed by atoms with Gasteiger partial charge in [0.05, 0.1) is 6.54 Å². The molecule has 0 bridgehead atoms. The van der Waals surface area contributed by atoms with Gasteiger partial charge in [0.1, 0.15) is 0 Å². The van der Waals surface area contributed by atoms with Crippen LogP contribution in [0.15, 0.2) is 39.6 Å². The highest BCUT2D eigenvalue weighted by Crippen LogP contribution is 1.98. The van der Waals surface area contributed by atoms with Gasteiger partial charge in [0, 0.05) is 32.9 Å². The number of nitrogens with one attached hydrogen (secondary N) is 2. The van der Waals surface area contributed by atoms with Crippen molar-refractivity contribution >= 4 is 0 Å². The van der Waals surface area contributed by atoms with E-state index in [1.165, 1.54) is 0 Å². The van der Waals surface area contributed by atoms with Crippen LogP contribution < -0.4 is 15.6 Å². The van der Waals surface area contributed by atoms with E-state index in [1.54, 1.807) is 18.9 Å². The number of aromatic amines is 1. The Balaban J connectivity index is 2.09. The predicted molar refractivity (Wildman–Crippen MR) is 70.4 cm³/mol. The fourth-order valence-electron chi connectivity index (χ4n) is 1.80. The zero-order valence-electron chi connectivity index (χ0n) is 11.5. The van der Waals surface area contributed by atoms with E-state index in [4.69, 9.17) is 14.0 Å². The Bertz CT molecular complexity index is 575. The van der Waals surface area contributed by atoms with Crippen molar-refractivity contribution in [2.45, 2.75) is 12.8 Å². The molecule has 0 aliphatic heterocycles. The topological polar surface area (TPSA) is 80.4 Å². The van der Waals surface area contributed by atoms with Crippen LogP contribution in [0.5, 0.6) is 0 Å². The summed E-state index contributed by atoms with van der Waals surface area (Å²) in [5.41, 5.74) is 0.889. The normalized spacial score (nSPS) is 11.2. The van der Waals surface area contributed by atoms with Gasteiger partial charge in [-0.2, -0.15) is 0 Å². The summed E-state index contributed by atoms with van der Waals surface area (Å²) in [6.07, 6.45) is -0.355. The molecule has 2 rings (SSSR count). The number of aromatic nitrogens is 2. The first-order valence-corrected chi connectivity index (χ1v) is 6.20. The van der Waals surface area contributed by atoms with Crippen molar-refractivity contribution in [1.82, 2.24) is 10.6 Å². The molecule has 1 aromatic heterocycles. The highest BCUT2D eigenvalue weighted by Gasteiger charge is 2.22. The number of nitrogens with zero attached hydrogens (tertiary/aromatic N) is 1. The molecule has 0 unspecified atom stereocenters. The highest BCUT2D eigenvalue weighted by molar-refractivity contribution is 5.21. The lowest BCUT2D eigenvalue weighted by molar-refractivity contribution is -0.677. The van der Waals surface area contributed by atoms with Gasteiger partial charge >= 0.3 is 11.3 Å². The van der Waals surface area contributed by atoms with E-state index in [9.17, 15) is 4.79 Å². The van der Waals surface area contributed by atoms with E-state index in [0.717, 1.165) is 5.69 Å². The van der Waals surface area contributed by atoms with Crippen molar-refractivity contribution < 1.29 is 18.7 Å². The summed E-state index contributed by atoms with van der Waals surface area (Å²) in [6.45, 7) is 0.802. The van der Waals surface area contributed by atoms with Crippen molar-refractivity contribution in [1.29, 1.82) is 0 Å². The standard InChI is InChI=1S/C13H17N3O4/c1-18-12(19-2)9-14-8-11-13(17)20-15-16(11)10-6-4-3-5-7-10/h3-7,12,14H,8-9H2,1-2H3/p+1. The molecule has 2 N–H and O–H groups in total. The molecule has 7 nitrogen and oxygen atoms in total. The maximum atomic E-state index is 11.7. The van der Waals surface area contributed by atoms with E-state index in [0.29, 0.717) is 18.8 Å². The van der Waals surface area contributed by atoms with Crippen LogP contribution in [0.1, 0.15) is 5.69 Å². The molecule has 108 valence electrons. The summed E-state index contributed by atoms with van der Waals surface area (Å²) >= 11 is 0. The van der Waals surface area contributed by atoms with Crippen molar-refractivity contribution in [3.63, 3.8) is 0 Å². The van der Waals surface area contributed by atoms with E-state index in [2.05, 4.69) is 10.6 Å². The fourth-order valence-corrected chi connectivity index (χ4v) is 1.80. The molecule has 20 heavy (non-hydrogen) atoms. The maximum absolute atomic E-state index is 11.7. The number of rotatable bonds is 7. The minimum absolute atomic E-state index is 0.337. The average Bonchev–Trinajstić information content (AvgIpc) is 2.86. The van der Waals surface area contributed by atoms with Gasteiger partial charge < -0.3 is 14.8 Å².